The molecule has 0 aliphatic heterocycles. The van der Waals surface area contributed by atoms with Crippen molar-refractivity contribution in [3.63, 3.8) is 0 Å². The molecule has 0 spiro atoms. The van der Waals surface area contributed by atoms with Crippen LogP contribution in [0, 0.1) is 19.3 Å². The summed E-state index contributed by atoms with van der Waals surface area (Å²) in [6.07, 6.45) is 5.64. The third-order valence-corrected chi connectivity index (χ3v) is 6.41. The number of rotatable bonds is 5. The molecule has 21 heavy (non-hydrogen) atoms. The van der Waals surface area contributed by atoms with Gasteiger partial charge < -0.3 is 5.73 Å². The van der Waals surface area contributed by atoms with Crippen LogP contribution in [0.3, 0.4) is 0 Å². The van der Waals surface area contributed by atoms with Crippen LogP contribution in [0.2, 0.25) is 0 Å². The van der Waals surface area contributed by atoms with Crippen LogP contribution in [0.15, 0.2) is 17.0 Å². The van der Waals surface area contributed by atoms with Gasteiger partial charge in [0.05, 0.1) is 4.90 Å². The summed E-state index contributed by atoms with van der Waals surface area (Å²) in [7, 11) is -3.50. The largest absolute Gasteiger partial charge is 0.398 e. The van der Waals surface area contributed by atoms with E-state index in [2.05, 4.69) is 11.6 Å². The predicted molar refractivity (Wildman–Crippen MR) is 86.7 cm³/mol. The number of aryl methyl sites for hydroxylation is 1. The molecule has 1 aromatic rings. The molecule has 0 saturated heterocycles. The van der Waals surface area contributed by atoms with Crippen LogP contribution in [-0.4, -0.2) is 15.0 Å². The first kappa shape index (κ1) is 16.3. The van der Waals surface area contributed by atoms with Crippen molar-refractivity contribution in [2.75, 3.05) is 12.3 Å². The summed E-state index contributed by atoms with van der Waals surface area (Å²) >= 11 is 0. The Morgan fingerprint density at radius 2 is 1.86 bits per heavy atom. The van der Waals surface area contributed by atoms with E-state index in [1.807, 2.05) is 6.92 Å². The fraction of sp³-hybridized carbons (Fsp3) is 0.625. The van der Waals surface area contributed by atoms with Crippen molar-refractivity contribution in [2.45, 2.75) is 57.8 Å². The van der Waals surface area contributed by atoms with Gasteiger partial charge in [-0.25, -0.2) is 13.1 Å². The lowest BCUT2D eigenvalue weighted by molar-refractivity contribution is 0.285. The fourth-order valence-corrected chi connectivity index (χ4v) is 4.75. The van der Waals surface area contributed by atoms with Gasteiger partial charge >= 0.3 is 0 Å². The van der Waals surface area contributed by atoms with E-state index in [9.17, 15) is 8.42 Å². The quantitative estimate of drug-likeness (QED) is 0.821. The number of nitrogens with two attached hydrogens (primary N) is 1. The molecule has 5 heteroatoms. The van der Waals surface area contributed by atoms with Crippen LogP contribution in [0.4, 0.5) is 5.69 Å². The second-order valence-corrected chi connectivity index (χ2v) is 8.10. The molecule has 0 atom stereocenters. The van der Waals surface area contributed by atoms with Crippen molar-refractivity contribution in [1.29, 1.82) is 0 Å². The lowest BCUT2D eigenvalue weighted by Crippen LogP contribution is -2.36. The minimum Gasteiger partial charge on any atom is -0.398 e. The maximum Gasteiger partial charge on any atom is 0.240 e. The van der Waals surface area contributed by atoms with Gasteiger partial charge in [-0.15, -0.1) is 0 Å². The van der Waals surface area contributed by atoms with Gasteiger partial charge in [-0.3, -0.25) is 0 Å². The van der Waals surface area contributed by atoms with E-state index in [1.54, 1.807) is 19.1 Å². The highest BCUT2D eigenvalue weighted by Crippen LogP contribution is 2.40. The van der Waals surface area contributed by atoms with Gasteiger partial charge in [0.2, 0.25) is 10.0 Å². The van der Waals surface area contributed by atoms with E-state index in [-0.39, 0.29) is 5.41 Å². The van der Waals surface area contributed by atoms with E-state index in [1.165, 1.54) is 12.8 Å². The van der Waals surface area contributed by atoms with Gasteiger partial charge in [0.25, 0.3) is 0 Å². The van der Waals surface area contributed by atoms with E-state index < -0.39 is 10.0 Å². The summed E-state index contributed by atoms with van der Waals surface area (Å²) in [4.78, 5) is 0.309. The number of hydrogen-bond donors (Lipinski definition) is 2. The van der Waals surface area contributed by atoms with Crippen molar-refractivity contribution < 1.29 is 8.42 Å². The molecule has 0 amide bonds. The lowest BCUT2D eigenvalue weighted by atomic mass is 9.84. The summed E-state index contributed by atoms with van der Waals surface area (Å²) in [5.74, 6) is 0. The Morgan fingerprint density at radius 1 is 1.24 bits per heavy atom. The van der Waals surface area contributed by atoms with Crippen molar-refractivity contribution in [1.82, 2.24) is 4.72 Å². The number of nitrogens with one attached hydrogen (secondary N) is 1. The molecular formula is C16H26N2O2S. The van der Waals surface area contributed by atoms with Gasteiger partial charge in [-0.2, -0.15) is 0 Å². The van der Waals surface area contributed by atoms with E-state index in [0.717, 1.165) is 24.8 Å². The zero-order chi connectivity index (χ0) is 15.7. The molecule has 0 aromatic heterocycles. The molecule has 4 nitrogen and oxygen atoms in total. The van der Waals surface area contributed by atoms with E-state index >= 15 is 0 Å². The molecule has 0 unspecified atom stereocenters. The molecular weight excluding hydrogens is 284 g/mol. The van der Waals surface area contributed by atoms with Crippen molar-refractivity contribution in [2.24, 2.45) is 5.41 Å². The molecule has 1 aliphatic carbocycles. The summed E-state index contributed by atoms with van der Waals surface area (Å²) < 4.78 is 28.0. The van der Waals surface area contributed by atoms with Crippen molar-refractivity contribution >= 4 is 15.7 Å². The van der Waals surface area contributed by atoms with Crippen LogP contribution >= 0.6 is 0 Å². The Balaban J connectivity index is 2.23. The lowest BCUT2D eigenvalue weighted by Gasteiger charge is -2.27. The number of benzene rings is 1. The molecule has 0 radical (unpaired) electrons. The Kier molecular flexibility index (Phi) is 4.63. The average molecular weight is 310 g/mol. The van der Waals surface area contributed by atoms with Crippen molar-refractivity contribution in [3.05, 3.63) is 23.3 Å². The standard InChI is InChI=1S/C16H26N2O2S/c1-4-16(7-5-6-8-16)11-18-21(19,20)15-10-12(2)9-14(17)13(15)3/h9-10,18H,4-8,11,17H2,1-3H3. The maximum atomic E-state index is 12.6. The second kappa shape index (κ2) is 5.97. The highest BCUT2D eigenvalue weighted by Gasteiger charge is 2.33. The minimum absolute atomic E-state index is 0.135. The number of nitrogen functional groups attached to an aromatic ring is 1. The highest BCUT2D eigenvalue weighted by atomic mass is 32.2. The maximum absolute atomic E-state index is 12.6. The van der Waals surface area contributed by atoms with Crippen LogP contribution in [-0.2, 0) is 10.0 Å². The Labute approximate surface area is 128 Å². The molecule has 3 N–H and O–H groups in total. The molecule has 0 heterocycles. The number of sulfonamides is 1. The molecule has 0 bridgehead atoms. The Morgan fingerprint density at radius 3 is 2.43 bits per heavy atom. The molecule has 118 valence electrons. The minimum atomic E-state index is -3.50. The van der Waals surface area contributed by atoms with Gasteiger partial charge in [-0.05, 0) is 61.8 Å². The van der Waals surface area contributed by atoms with Crippen LogP contribution in [0.1, 0.15) is 50.2 Å². The number of hydrogen-bond acceptors (Lipinski definition) is 3. The van der Waals surface area contributed by atoms with E-state index in [0.29, 0.717) is 22.7 Å². The average Bonchev–Trinajstić information content (AvgIpc) is 2.90. The first-order valence-electron chi connectivity index (χ1n) is 7.66. The molecule has 1 fully saturated rings. The normalized spacial score (nSPS) is 18.0. The van der Waals surface area contributed by atoms with Gasteiger partial charge in [0, 0.05) is 12.2 Å². The Hall–Kier alpha value is -1.07. The van der Waals surface area contributed by atoms with E-state index in [4.69, 9.17) is 5.73 Å². The van der Waals surface area contributed by atoms with Gasteiger partial charge in [-0.1, -0.05) is 19.8 Å². The second-order valence-electron chi connectivity index (χ2n) is 6.36. The monoisotopic (exact) mass is 310 g/mol. The molecule has 2 rings (SSSR count). The van der Waals surface area contributed by atoms with Crippen LogP contribution in [0.5, 0.6) is 0 Å². The zero-order valence-corrected chi connectivity index (χ0v) is 14.0. The highest BCUT2D eigenvalue weighted by molar-refractivity contribution is 7.89. The Bertz CT molecular complexity index is 617. The third kappa shape index (κ3) is 3.40. The summed E-state index contributed by atoms with van der Waals surface area (Å²) in [6, 6.07) is 3.50. The summed E-state index contributed by atoms with van der Waals surface area (Å²) in [6.45, 7) is 6.29. The fourth-order valence-electron chi connectivity index (χ4n) is 3.24. The summed E-state index contributed by atoms with van der Waals surface area (Å²) in [5.41, 5.74) is 8.06. The smallest absolute Gasteiger partial charge is 0.240 e. The predicted octanol–water partition coefficient (Wildman–Crippen LogP) is 3.13. The number of anilines is 1. The molecule has 1 aliphatic rings. The third-order valence-electron chi connectivity index (χ3n) is 4.89. The first-order valence-corrected chi connectivity index (χ1v) is 9.14. The first-order chi connectivity index (χ1) is 9.80. The van der Waals surface area contributed by atoms with Gasteiger partial charge in [0.15, 0.2) is 0 Å². The zero-order valence-electron chi connectivity index (χ0n) is 13.2. The van der Waals surface area contributed by atoms with Crippen molar-refractivity contribution in [3.8, 4) is 0 Å². The molecule has 1 aromatic carbocycles. The van der Waals surface area contributed by atoms with Crippen LogP contribution < -0.4 is 10.5 Å². The van der Waals surface area contributed by atoms with Gasteiger partial charge in [0.1, 0.15) is 0 Å². The topological polar surface area (TPSA) is 72.2 Å². The summed E-state index contributed by atoms with van der Waals surface area (Å²) in [5, 5.41) is 0. The SMILES string of the molecule is CCC1(CNS(=O)(=O)c2cc(C)cc(N)c2C)CCCC1. The molecule has 1 saturated carbocycles. The van der Waals surface area contributed by atoms with Crippen LogP contribution in [0.25, 0.3) is 0 Å².